The van der Waals surface area contributed by atoms with Crippen LogP contribution in [-0.2, 0) is 26.0 Å². The van der Waals surface area contributed by atoms with Crippen LogP contribution in [0.3, 0.4) is 0 Å². The average Bonchev–Trinajstić information content (AvgIpc) is 3.35. The number of hydrogen-bond donors (Lipinski definition) is 2. The number of rotatable bonds is 5. The normalized spacial score (nSPS) is 15.8. The lowest BCUT2D eigenvalue weighted by Gasteiger charge is -2.24. The molecule has 0 saturated heterocycles. The lowest BCUT2D eigenvalue weighted by Crippen LogP contribution is -2.31. The van der Waals surface area contributed by atoms with Crippen molar-refractivity contribution in [1.29, 1.82) is 0 Å². The maximum Gasteiger partial charge on any atom is 0.261 e. The first-order valence-electron chi connectivity index (χ1n) is 8.69. The molecule has 2 aliphatic rings. The second kappa shape index (κ2) is 6.38. The highest BCUT2D eigenvalue weighted by Crippen LogP contribution is 2.37. The number of nitrogens with zero attached hydrogens (tertiary/aromatic N) is 1. The van der Waals surface area contributed by atoms with Crippen LogP contribution in [0.1, 0.15) is 25.3 Å². The molecule has 2 aromatic rings. The van der Waals surface area contributed by atoms with E-state index in [-0.39, 0.29) is 29.2 Å². The number of benzene rings is 2. The Balaban J connectivity index is 1.67. The molecule has 0 spiro atoms. The van der Waals surface area contributed by atoms with Crippen molar-refractivity contribution >= 4 is 38.9 Å². The minimum atomic E-state index is -3.87. The molecule has 2 aromatic carbocycles. The maximum atomic E-state index is 12.9. The lowest BCUT2D eigenvalue weighted by atomic mass is 10.2. The highest BCUT2D eigenvalue weighted by molar-refractivity contribution is 7.92. The summed E-state index contributed by atoms with van der Waals surface area (Å²) in [5.74, 6) is -0.273. The third kappa shape index (κ3) is 3.40. The molecule has 0 unspecified atom stereocenters. The maximum absolute atomic E-state index is 12.9. The van der Waals surface area contributed by atoms with E-state index in [1.54, 1.807) is 35.2 Å². The van der Waals surface area contributed by atoms with Crippen LogP contribution >= 0.6 is 0 Å². The molecule has 2 amide bonds. The minimum Gasteiger partial charge on any atom is -0.326 e. The van der Waals surface area contributed by atoms with Gasteiger partial charge in [0.1, 0.15) is 0 Å². The van der Waals surface area contributed by atoms with Gasteiger partial charge in [0, 0.05) is 18.7 Å². The van der Waals surface area contributed by atoms with Gasteiger partial charge in [-0.1, -0.05) is 12.1 Å². The number of hydrogen-bond acceptors (Lipinski definition) is 4. The first kappa shape index (κ1) is 17.5. The zero-order valence-corrected chi connectivity index (χ0v) is 15.5. The van der Waals surface area contributed by atoms with Gasteiger partial charge in [-0.15, -0.1) is 0 Å². The molecule has 0 bridgehead atoms. The Kier molecular flexibility index (Phi) is 4.15. The Hall–Kier alpha value is -2.87. The molecule has 1 fully saturated rings. The summed E-state index contributed by atoms with van der Waals surface area (Å²) in [6.45, 7) is 1.48. The number of sulfonamides is 1. The van der Waals surface area contributed by atoms with E-state index >= 15 is 0 Å². The van der Waals surface area contributed by atoms with E-state index in [4.69, 9.17) is 0 Å². The van der Waals surface area contributed by atoms with E-state index in [0.717, 1.165) is 12.8 Å². The van der Waals surface area contributed by atoms with Gasteiger partial charge in [-0.2, -0.15) is 0 Å². The molecule has 0 aromatic heterocycles. The molecule has 1 aliphatic heterocycles. The summed E-state index contributed by atoms with van der Waals surface area (Å²) >= 11 is 0. The van der Waals surface area contributed by atoms with Crippen molar-refractivity contribution in [1.82, 2.24) is 0 Å². The molecule has 0 atom stereocenters. The Bertz CT molecular complexity index is 1040. The molecule has 4 rings (SSSR count). The zero-order valence-electron chi connectivity index (χ0n) is 14.7. The zero-order chi connectivity index (χ0) is 19.2. The van der Waals surface area contributed by atoms with Gasteiger partial charge in [-0.25, -0.2) is 8.42 Å². The van der Waals surface area contributed by atoms with Crippen molar-refractivity contribution in [3.05, 3.63) is 48.0 Å². The molecule has 7 nitrogen and oxygen atoms in total. The van der Waals surface area contributed by atoms with Gasteiger partial charge in [0.15, 0.2) is 0 Å². The quantitative estimate of drug-likeness (QED) is 0.827. The second-order valence-electron chi connectivity index (χ2n) is 6.79. The van der Waals surface area contributed by atoms with E-state index in [0.29, 0.717) is 22.6 Å². The Morgan fingerprint density at radius 1 is 1.19 bits per heavy atom. The molecular formula is C19H19N3O4S. The molecule has 0 radical (unpaired) electrons. The summed E-state index contributed by atoms with van der Waals surface area (Å²) in [7, 11) is -3.87. The van der Waals surface area contributed by atoms with E-state index in [1.807, 2.05) is 0 Å². The Labute approximate surface area is 157 Å². The monoisotopic (exact) mass is 385 g/mol. The lowest BCUT2D eigenvalue weighted by molar-refractivity contribution is -0.117. The van der Waals surface area contributed by atoms with Crippen molar-refractivity contribution in [3.8, 4) is 0 Å². The first-order chi connectivity index (χ1) is 12.8. The third-order valence-corrected chi connectivity index (χ3v) is 6.03. The smallest absolute Gasteiger partial charge is 0.261 e. The molecular weight excluding hydrogens is 366 g/mol. The number of amides is 2. The summed E-state index contributed by atoms with van der Waals surface area (Å²) in [6.07, 6.45) is 1.98. The highest BCUT2D eigenvalue weighted by atomic mass is 32.2. The number of anilines is 3. The molecule has 1 saturated carbocycles. The summed E-state index contributed by atoms with van der Waals surface area (Å²) in [4.78, 5) is 25.3. The van der Waals surface area contributed by atoms with Crippen molar-refractivity contribution in [2.75, 3.05) is 14.9 Å². The number of carbonyl (C=O) groups excluding carboxylic acids is 2. The van der Waals surface area contributed by atoms with Crippen LogP contribution in [0.4, 0.5) is 17.1 Å². The average molecular weight is 385 g/mol. The van der Waals surface area contributed by atoms with Gasteiger partial charge in [-0.3, -0.25) is 14.3 Å². The van der Waals surface area contributed by atoms with Crippen LogP contribution in [0.2, 0.25) is 0 Å². The van der Waals surface area contributed by atoms with Gasteiger partial charge >= 0.3 is 0 Å². The van der Waals surface area contributed by atoms with Crippen LogP contribution < -0.4 is 14.9 Å². The first-order valence-corrected chi connectivity index (χ1v) is 10.2. The molecule has 27 heavy (non-hydrogen) atoms. The highest BCUT2D eigenvalue weighted by Gasteiger charge is 2.33. The predicted molar refractivity (Wildman–Crippen MR) is 102 cm³/mol. The Morgan fingerprint density at radius 3 is 2.63 bits per heavy atom. The van der Waals surface area contributed by atoms with Crippen LogP contribution in [0.5, 0.6) is 0 Å². The van der Waals surface area contributed by atoms with E-state index in [9.17, 15) is 18.0 Å². The predicted octanol–water partition coefficient (Wildman–Crippen LogP) is 2.50. The van der Waals surface area contributed by atoms with Gasteiger partial charge in [0.05, 0.1) is 22.7 Å². The van der Waals surface area contributed by atoms with Gasteiger partial charge < -0.3 is 10.2 Å². The fourth-order valence-electron chi connectivity index (χ4n) is 3.30. The summed E-state index contributed by atoms with van der Waals surface area (Å²) in [6, 6.07) is 11.5. The second-order valence-corrected chi connectivity index (χ2v) is 8.47. The number of carbonyl (C=O) groups is 2. The summed E-state index contributed by atoms with van der Waals surface area (Å²) in [5, 5.41) is 2.68. The third-order valence-electron chi connectivity index (χ3n) is 4.67. The number of para-hydroxylation sites is 2. The molecule has 140 valence electrons. The van der Waals surface area contributed by atoms with E-state index < -0.39 is 10.0 Å². The van der Waals surface area contributed by atoms with Crippen LogP contribution in [0, 0.1) is 0 Å². The molecule has 1 aliphatic carbocycles. The van der Waals surface area contributed by atoms with Crippen LogP contribution in [0.25, 0.3) is 0 Å². The van der Waals surface area contributed by atoms with E-state index in [1.165, 1.54) is 19.1 Å². The largest absolute Gasteiger partial charge is 0.326 e. The summed E-state index contributed by atoms with van der Waals surface area (Å²) < 4.78 is 28.4. The number of fused-ring (bicyclic) bond motifs is 1. The fourth-order valence-corrected chi connectivity index (χ4v) is 4.43. The van der Waals surface area contributed by atoms with Crippen LogP contribution in [0.15, 0.2) is 47.4 Å². The molecule has 8 heteroatoms. The molecule has 1 heterocycles. The SMILES string of the molecule is CC(=O)N(c1ccccc1NS(=O)(=O)c1ccc2c(c1)CC(=O)N2)C1CC1. The van der Waals surface area contributed by atoms with Crippen molar-refractivity contribution in [2.45, 2.75) is 37.1 Å². The Morgan fingerprint density at radius 2 is 1.93 bits per heavy atom. The van der Waals surface area contributed by atoms with Crippen molar-refractivity contribution in [3.63, 3.8) is 0 Å². The van der Waals surface area contributed by atoms with Gasteiger partial charge in [0.25, 0.3) is 10.0 Å². The topological polar surface area (TPSA) is 95.6 Å². The van der Waals surface area contributed by atoms with Crippen LogP contribution in [-0.4, -0.2) is 26.3 Å². The fraction of sp³-hybridized carbons (Fsp3) is 0.263. The summed E-state index contributed by atoms with van der Waals surface area (Å²) in [5.41, 5.74) is 2.19. The number of nitrogens with one attached hydrogen (secondary N) is 2. The minimum absolute atomic E-state index is 0.0772. The van der Waals surface area contributed by atoms with Crippen molar-refractivity contribution < 1.29 is 18.0 Å². The van der Waals surface area contributed by atoms with Gasteiger partial charge in [-0.05, 0) is 48.7 Å². The van der Waals surface area contributed by atoms with Gasteiger partial charge in [0.2, 0.25) is 11.8 Å². The molecule has 2 N–H and O–H groups in total. The van der Waals surface area contributed by atoms with Crippen molar-refractivity contribution in [2.24, 2.45) is 0 Å². The van der Waals surface area contributed by atoms with E-state index in [2.05, 4.69) is 10.0 Å². The standard InChI is InChI=1S/C19H19N3O4S/c1-12(23)22(14-6-7-14)18-5-3-2-4-17(18)21-27(25,26)15-8-9-16-13(10-15)11-19(24)20-16/h2-5,8-10,14,21H,6-7,11H2,1H3,(H,20,24).